The molecule has 35 heavy (non-hydrogen) atoms. The number of fused-ring (bicyclic) bond motifs is 1. The minimum Gasteiger partial charge on any atom is -0.383 e. The lowest BCUT2D eigenvalue weighted by atomic mass is 9.96. The predicted molar refractivity (Wildman–Crippen MR) is 139 cm³/mol. The summed E-state index contributed by atoms with van der Waals surface area (Å²) < 4.78 is 33.0. The third-order valence-electron chi connectivity index (χ3n) is 6.02. The van der Waals surface area contributed by atoms with E-state index in [1.807, 2.05) is 0 Å². The number of benzene rings is 2. The molecule has 1 aliphatic carbocycles. The second kappa shape index (κ2) is 10.2. The summed E-state index contributed by atoms with van der Waals surface area (Å²) in [7, 11) is 0. The van der Waals surface area contributed by atoms with Crippen LogP contribution in [-0.2, 0) is 0 Å². The van der Waals surface area contributed by atoms with E-state index in [0.29, 0.717) is 38.4 Å². The van der Waals surface area contributed by atoms with Gasteiger partial charge in [0, 0.05) is 23.8 Å². The topological polar surface area (TPSA) is 88.8 Å². The fourth-order valence-electron chi connectivity index (χ4n) is 4.21. The number of aromatic nitrogens is 3. The fraction of sp³-hybridized carbons (Fsp3) is 0.240. The first-order valence-corrected chi connectivity index (χ1v) is 12.5. The van der Waals surface area contributed by atoms with Gasteiger partial charge in [0.05, 0.1) is 26.7 Å². The maximum Gasteiger partial charge on any atom is 0.223 e. The Morgan fingerprint density at radius 3 is 2.66 bits per heavy atom. The Morgan fingerprint density at radius 1 is 1.00 bits per heavy atom. The molecule has 1 aliphatic rings. The molecule has 4 aromatic rings. The first-order chi connectivity index (χ1) is 17.0. The summed E-state index contributed by atoms with van der Waals surface area (Å²) in [6.07, 6.45) is 9.02. The Morgan fingerprint density at radius 2 is 1.83 bits per heavy atom. The molecule has 0 spiro atoms. The fourth-order valence-corrected chi connectivity index (χ4v) is 5.15. The zero-order valence-corrected chi connectivity index (χ0v) is 20.3. The lowest BCUT2D eigenvalue weighted by Crippen LogP contribution is -2.23. The molecule has 0 aliphatic heterocycles. The van der Waals surface area contributed by atoms with Crippen molar-refractivity contribution in [3.8, 4) is 11.1 Å². The van der Waals surface area contributed by atoms with Gasteiger partial charge in [0.1, 0.15) is 11.6 Å². The molecule has 1 saturated carbocycles. The van der Waals surface area contributed by atoms with Crippen molar-refractivity contribution in [3.05, 3.63) is 65.4 Å². The van der Waals surface area contributed by atoms with Crippen LogP contribution in [0.1, 0.15) is 32.1 Å². The predicted octanol–water partition coefficient (Wildman–Crippen LogP) is 7.07. The van der Waals surface area contributed by atoms with E-state index >= 15 is 4.39 Å². The molecular weight excluding hydrogens is 490 g/mol. The number of nitrogens with two attached hydrogens (primary N) is 1. The quantitative estimate of drug-likeness (QED) is 0.238. The van der Waals surface area contributed by atoms with E-state index in [1.165, 1.54) is 37.6 Å². The van der Waals surface area contributed by atoms with E-state index in [0.717, 1.165) is 24.8 Å². The van der Waals surface area contributed by atoms with Crippen LogP contribution in [0.15, 0.2) is 53.7 Å². The van der Waals surface area contributed by atoms with Crippen molar-refractivity contribution < 1.29 is 8.78 Å². The zero-order valence-electron chi connectivity index (χ0n) is 18.7. The number of nitrogens with one attached hydrogen (secondary N) is 2. The van der Waals surface area contributed by atoms with E-state index in [-0.39, 0.29) is 17.1 Å². The first kappa shape index (κ1) is 23.6. The van der Waals surface area contributed by atoms with Crippen LogP contribution in [0.3, 0.4) is 0 Å². The van der Waals surface area contributed by atoms with Crippen LogP contribution in [0.25, 0.3) is 22.0 Å². The SMILES string of the molecule is Nc1ncc(Cl)cc1SNc1ccc(F)c(-c2ccc3nc(NC4CCCCC4)ncc3c2)c1F. The molecule has 4 N–H and O–H groups in total. The Hall–Kier alpha value is -3.17. The first-order valence-electron chi connectivity index (χ1n) is 11.3. The lowest BCUT2D eigenvalue weighted by Gasteiger charge is -2.22. The van der Waals surface area contributed by atoms with E-state index in [9.17, 15) is 4.39 Å². The van der Waals surface area contributed by atoms with E-state index in [2.05, 4.69) is 25.0 Å². The van der Waals surface area contributed by atoms with Gasteiger partial charge in [-0.15, -0.1) is 0 Å². The molecule has 180 valence electrons. The third kappa shape index (κ3) is 5.26. The highest BCUT2D eigenvalue weighted by atomic mass is 35.5. The lowest BCUT2D eigenvalue weighted by molar-refractivity contribution is 0.461. The molecule has 2 aromatic carbocycles. The van der Waals surface area contributed by atoms with Gasteiger partial charge in [-0.05, 0) is 60.7 Å². The summed E-state index contributed by atoms with van der Waals surface area (Å²) in [5, 5.41) is 4.50. The molecule has 0 bridgehead atoms. The van der Waals surface area contributed by atoms with Crippen molar-refractivity contribution in [1.29, 1.82) is 0 Å². The van der Waals surface area contributed by atoms with Gasteiger partial charge in [-0.1, -0.05) is 36.9 Å². The molecule has 0 radical (unpaired) electrons. The van der Waals surface area contributed by atoms with Crippen LogP contribution in [-0.4, -0.2) is 21.0 Å². The number of nitrogen functional groups attached to an aromatic ring is 1. The third-order valence-corrected chi connectivity index (χ3v) is 7.09. The van der Waals surface area contributed by atoms with Crippen LogP contribution in [0.5, 0.6) is 0 Å². The number of pyridine rings is 1. The monoisotopic (exact) mass is 512 g/mol. The summed E-state index contributed by atoms with van der Waals surface area (Å²) >= 11 is 7.01. The van der Waals surface area contributed by atoms with E-state index in [4.69, 9.17) is 17.3 Å². The highest BCUT2D eigenvalue weighted by Gasteiger charge is 2.18. The molecule has 2 aromatic heterocycles. The number of hydrogen-bond donors (Lipinski definition) is 3. The van der Waals surface area contributed by atoms with Gasteiger partial charge in [-0.2, -0.15) is 0 Å². The molecule has 0 saturated heterocycles. The Labute approximate surface area is 210 Å². The van der Waals surface area contributed by atoms with Gasteiger partial charge in [-0.3, -0.25) is 0 Å². The minimum atomic E-state index is -0.720. The number of nitrogens with zero attached hydrogens (tertiary/aromatic N) is 3. The Kier molecular flexibility index (Phi) is 6.88. The second-order valence-electron chi connectivity index (χ2n) is 8.47. The van der Waals surface area contributed by atoms with Crippen LogP contribution in [0.4, 0.5) is 26.2 Å². The average Bonchev–Trinajstić information content (AvgIpc) is 2.86. The molecule has 6 nitrogen and oxygen atoms in total. The second-order valence-corrected chi connectivity index (χ2v) is 9.76. The Bertz CT molecular complexity index is 1380. The molecule has 10 heteroatoms. The van der Waals surface area contributed by atoms with E-state index in [1.54, 1.807) is 30.5 Å². The van der Waals surface area contributed by atoms with Crippen molar-refractivity contribution in [2.75, 3.05) is 15.8 Å². The van der Waals surface area contributed by atoms with Crippen LogP contribution < -0.4 is 15.8 Å². The normalized spacial score (nSPS) is 14.3. The van der Waals surface area contributed by atoms with Gasteiger partial charge in [-0.25, -0.2) is 23.7 Å². The van der Waals surface area contributed by atoms with Gasteiger partial charge in [0.2, 0.25) is 5.95 Å². The highest BCUT2D eigenvalue weighted by molar-refractivity contribution is 8.00. The molecule has 1 fully saturated rings. The van der Waals surface area contributed by atoms with E-state index < -0.39 is 11.6 Å². The molecule has 5 rings (SSSR count). The molecular formula is C25H23ClF2N6S. The molecule has 0 amide bonds. The van der Waals surface area contributed by atoms with Gasteiger partial charge < -0.3 is 15.8 Å². The summed E-state index contributed by atoms with van der Waals surface area (Å²) in [4.78, 5) is 13.5. The number of halogens is 3. The summed E-state index contributed by atoms with van der Waals surface area (Å²) in [5.74, 6) is -0.561. The molecule has 2 heterocycles. The summed E-state index contributed by atoms with van der Waals surface area (Å²) in [5.41, 5.74) is 6.91. The highest BCUT2D eigenvalue weighted by Crippen LogP contribution is 2.35. The number of rotatable bonds is 6. The standard InChI is InChI=1S/C25H23ClF2N6S/c26-16-11-21(24(29)30-13-16)35-34-20-9-7-18(27)22(23(20)28)14-6-8-19-15(10-14)12-31-25(33-19)32-17-4-2-1-3-5-17/h6-13,17,34H,1-5H2,(H2,29,30)(H,31,32,33). The number of anilines is 3. The van der Waals surface area contributed by atoms with Gasteiger partial charge in [0.15, 0.2) is 5.82 Å². The van der Waals surface area contributed by atoms with Crippen LogP contribution in [0.2, 0.25) is 5.02 Å². The molecule has 0 atom stereocenters. The van der Waals surface area contributed by atoms with Crippen molar-refractivity contribution in [3.63, 3.8) is 0 Å². The van der Waals surface area contributed by atoms with Crippen molar-refractivity contribution in [2.45, 2.75) is 43.0 Å². The summed E-state index contributed by atoms with van der Waals surface area (Å²) in [6.45, 7) is 0. The van der Waals surface area contributed by atoms with Crippen LogP contribution >= 0.6 is 23.5 Å². The van der Waals surface area contributed by atoms with Crippen LogP contribution in [0, 0.1) is 11.6 Å². The maximum atomic E-state index is 15.4. The van der Waals surface area contributed by atoms with Crippen molar-refractivity contribution >= 4 is 51.9 Å². The average molecular weight is 513 g/mol. The largest absolute Gasteiger partial charge is 0.383 e. The van der Waals surface area contributed by atoms with Gasteiger partial charge in [0.25, 0.3) is 0 Å². The number of hydrogen-bond acceptors (Lipinski definition) is 7. The van der Waals surface area contributed by atoms with Crippen molar-refractivity contribution in [2.24, 2.45) is 0 Å². The Balaban J connectivity index is 1.40. The molecule has 0 unspecified atom stereocenters. The smallest absolute Gasteiger partial charge is 0.223 e. The minimum absolute atomic E-state index is 0.106. The van der Waals surface area contributed by atoms with Crippen molar-refractivity contribution in [1.82, 2.24) is 15.0 Å². The summed E-state index contributed by atoms with van der Waals surface area (Å²) in [6, 6.07) is 9.67. The van der Waals surface area contributed by atoms with Gasteiger partial charge >= 0.3 is 0 Å². The zero-order chi connectivity index (χ0) is 24.4. The maximum absolute atomic E-state index is 15.4.